The molecule has 0 aromatic heterocycles. The first kappa shape index (κ1) is 16.6. The SMILES string of the molecule is CC(C)C[C@H](NC(N)=O)C(=O)NCC12CC3CC(CC(C3)C1)C2. The van der Waals surface area contributed by atoms with Gasteiger partial charge in [-0.2, -0.15) is 0 Å². The number of urea groups is 1. The second-order valence-electron chi connectivity index (χ2n) is 8.83. The largest absolute Gasteiger partial charge is 0.354 e. The number of hydrogen-bond acceptors (Lipinski definition) is 2. The van der Waals surface area contributed by atoms with Crippen molar-refractivity contribution < 1.29 is 9.59 Å². The van der Waals surface area contributed by atoms with Crippen molar-refractivity contribution in [3.63, 3.8) is 0 Å². The summed E-state index contributed by atoms with van der Waals surface area (Å²) in [6.07, 6.45) is 8.67. The molecule has 5 nitrogen and oxygen atoms in total. The molecule has 4 aliphatic carbocycles. The minimum atomic E-state index is -0.624. The van der Waals surface area contributed by atoms with Gasteiger partial charge in [-0.05, 0) is 74.0 Å². The van der Waals surface area contributed by atoms with Crippen LogP contribution in [0.15, 0.2) is 0 Å². The Hall–Kier alpha value is -1.26. The zero-order chi connectivity index (χ0) is 16.6. The molecule has 4 N–H and O–H groups in total. The van der Waals surface area contributed by atoms with Crippen molar-refractivity contribution in [2.75, 3.05) is 6.54 Å². The molecule has 5 heteroatoms. The van der Waals surface area contributed by atoms with Crippen LogP contribution >= 0.6 is 0 Å². The molecule has 0 saturated heterocycles. The molecule has 1 atom stereocenters. The normalized spacial score (nSPS) is 36.0. The first-order valence-electron chi connectivity index (χ1n) is 9.19. The lowest BCUT2D eigenvalue weighted by molar-refractivity contribution is -0.125. The highest BCUT2D eigenvalue weighted by atomic mass is 16.2. The quantitative estimate of drug-likeness (QED) is 0.702. The Bertz CT molecular complexity index is 440. The summed E-state index contributed by atoms with van der Waals surface area (Å²) in [5.41, 5.74) is 5.54. The second-order valence-corrected chi connectivity index (χ2v) is 8.83. The molecule has 0 radical (unpaired) electrons. The lowest BCUT2D eigenvalue weighted by Crippen LogP contribution is -2.54. The van der Waals surface area contributed by atoms with Crippen LogP contribution in [-0.4, -0.2) is 24.5 Å². The number of nitrogens with one attached hydrogen (secondary N) is 2. The average molecular weight is 321 g/mol. The van der Waals surface area contributed by atoms with E-state index in [0.29, 0.717) is 17.8 Å². The highest BCUT2D eigenvalue weighted by Gasteiger charge is 2.50. The van der Waals surface area contributed by atoms with E-state index in [1.54, 1.807) is 0 Å². The molecule has 3 amide bonds. The number of primary amides is 1. The molecule has 0 spiro atoms. The Morgan fingerprint density at radius 1 is 1.09 bits per heavy atom. The smallest absolute Gasteiger partial charge is 0.312 e. The minimum absolute atomic E-state index is 0.0757. The summed E-state index contributed by atoms with van der Waals surface area (Å²) in [4.78, 5) is 23.7. The predicted octanol–water partition coefficient (Wildman–Crippen LogP) is 2.40. The van der Waals surface area contributed by atoms with Gasteiger partial charge >= 0.3 is 6.03 Å². The maximum atomic E-state index is 12.5. The van der Waals surface area contributed by atoms with Crippen LogP contribution in [0.5, 0.6) is 0 Å². The summed E-state index contributed by atoms with van der Waals surface area (Å²) in [7, 11) is 0. The van der Waals surface area contributed by atoms with Crippen molar-refractivity contribution in [2.24, 2.45) is 34.8 Å². The van der Waals surface area contributed by atoms with Gasteiger partial charge in [0.2, 0.25) is 5.91 Å². The van der Waals surface area contributed by atoms with Crippen LogP contribution in [0.1, 0.15) is 58.8 Å². The second kappa shape index (κ2) is 6.33. The van der Waals surface area contributed by atoms with Gasteiger partial charge in [-0.1, -0.05) is 13.8 Å². The third-order valence-electron chi connectivity index (χ3n) is 6.14. The van der Waals surface area contributed by atoms with Gasteiger partial charge in [0, 0.05) is 6.54 Å². The van der Waals surface area contributed by atoms with E-state index in [1.807, 2.05) is 13.8 Å². The molecular weight excluding hydrogens is 290 g/mol. The van der Waals surface area contributed by atoms with Gasteiger partial charge in [0.15, 0.2) is 0 Å². The number of carbonyl (C=O) groups is 2. The summed E-state index contributed by atoms with van der Waals surface area (Å²) in [5.74, 6) is 2.90. The lowest BCUT2D eigenvalue weighted by atomic mass is 9.49. The van der Waals surface area contributed by atoms with Crippen molar-refractivity contribution in [3.05, 3.63) is 0 Å². The summed E-state index contributed by atoms with van der Waals surface area (Å²) >= 11 is 0. The highest BCUT2D eigenvalue weighted by molar-refractivity contribution is 5.86. The molecular formula is C18H31N3O2. The molecule has 130 valence electrons. The third kappa shape index (κ3) is 3.81. The first-order valence-corrected chi connectivity index (χ1v) is 9.19. The van der Waals surface area contributed by atoms with Crippen molar-refractivity contribution in [3.8, 4) is 0 Å². The first-order chi connectivity index (χ1) is 10.8. The zero-order valence-corrected chi connectivity index (χ0v) is 14.4. The van der Waals surface area contributed by atoms with Crippen LogP contribution < -0.4 is 16.4 Å². The van der Waals surface area contributed by atoms with E-state index in [0.717, 1.165) is 24.3 Å². The topological polar surface area (TPSA) is 84.2 Å². The van der Waals surface area contributed by atoms with Crippen LogP contribution in [0, 0.1) is 29.1 Å². The van der Waals surface area contributed by atoms with E-state index < -0.39 is 12.1 Å². The molecule has 4 bridgehead atoms. The molecule has 23 heavy (non-hydrogen) atoms. The van der Waals surface area contributed by atoms with E-state index in [2.05, 4.69) is 10.6 Å². The van der Waals surface area contributed by atoms with Gasteiger partial charge in [0.05, 0.1) is 0 Å². The Balaban J connectivity index is 1.58. The maximum absolute atomic E-state index is 12.5. The number of carbonyl (C=O) groups excluding carboxylic acids is 2. The molecule has 4 saturated carbocycles. The molecule has 4 aliphatic rings. The van der Waals surface area contributed by atoms with Gasteiger partial charge in [-0.25, -0.2) is 4.79 Å². The van der Waals surface area contributed by atoms with Crippen LogP contribution in [0.3, 0.4) is 0 Å². The Morgan fingerprint density at radius 3 is 2.04 bits per heavy atom. The molecule has 0 aliphatic heterocycles. The minimum Gasteiger partial charge on any atom is -0.354 e. The fourth-order valence-corrected chi connectivity index (χ4v) is 5.78. The van der Waals surface area contributed by atoms with Gasteiger partial charge in [0.25, 0.3) is 0 Å². The average Bonchev–Trinajstić information content (AvgIpc) is 2.41. The fourth-order valence-electron chi connectivity index (χ4n) is 5.78. The Kier molecular flexibility index (Phi) is 4.56. The van der Waals surface area contributed by atoms with Crippen molar-refractivity contribution >= 4 is 11.9 Å². The summed E-state index contributed by atoms with van der Waals surface area (Å²) < 4.78 is 0. The Morgan fingerprint density at radius 2 is 1.61 bits per heavy atom. The van der Waals surface area contributed by atoms with Gasteiger partial charge in [-0.3, -0.25) is 4.79 Å². The fraction of sp³-hybridized carbons (Fsp3) is 0.889. The zero-order valence-electron chi connectivity index (χ0n) is 14.4. The van der Waals surface area contributed by atoms with E-state index in [-0.39, 0.29) is 5.91 Å². The summed E-state index contributed by atoms with van der Waals surface area (Å²) in [6, 6.07) is -1.14. The van der Waals surface area contributed by atoms with E-state index >= 15 is 0 Å². The van der Waals surface area contributed by atoms with Crippen LogP contribution in [0.4, 0.5) is 4.79 Å². The molecule has 4 fully saturated rings. The number of rotatable bonds is 6. The molecule has 0 aromatic carbocycles. The standard InChI is InChI=1S/C18H31N3O2/c1-11(2)3-15(21-17(19)23)16(22)20-10-18-7-12-4-13(8-18)6-14(5-12)9-18/h11-15H,3-10H2,1-2H3,(H,20,22)(H3,19,21,23)/t12?,13?,14?,15-,18?/m0/s1. The van der Waals surface area contributed by atoms with Crippen molar-refractivity contribution in [2.45, 2.75) is 64.8 Å². The molecule has 0 heterocycles. The highest BCUT2D eigenvalue weighted by Crippen LogP contribution is 2.59. The number of hydrogen-bond donors (Lipinski definition) is 3. The number of nitrogens with two attached hydrogens (primary N) is 1. The monoisotopic (exact) mass is 321 g/mol. The van der Waals surface area contributed by atoms with E-state index in [9.17, 15) is 9.59 Å². The lowest BCUT2D eigenvalue weighted by Gasteiger charge is -2.57. The van der Waals surface area contributed by atoms with E-state index in [1.165, 1.54) is 38.5 Å². The van der Waals surface area contributed by atoms with Gasteiger partial charge < -0.3 is 16.4 Å². The van der Waals surface area contributed by atoms with E-state index in [4.69, 9.17) is 5.73 Å². The predicted molar refractivity (Wildman–Crippen MR) is 89.6 cm³/mol. The number of amides is 3. The van der Waals surface area contributed by atoms with Crippen LogP contribution in [0.2, 0.25) is 0 Å². The summed E-state index contributed by atoms with van der Waals surface area (Å²) in [5, 5.41) is 5.74. The van der Waals surface area contributed by atoms with Gasteiger partial charge in [0.1, 0.15) is 6.04 Å². The third-order valence-corrected chi connectivity index (χ3v) is 6.14. The van der Waals surface area contributed by atoms with Crippen molar-refractivity contribution in [1.29, 1.82) is 0 Å². The maximum Gasteiger partial charge on any atom is 0.312 e. The van der Waals surface area contributed by atoms with Crippen LogP contribution in [-0.2, 0) is 4.79 Å². The van der Waals surface area contributed by atoms with Crippen molar-refractivity contribution in [1.82, 2.24) is 10.6 Å². The Labute approximate surface area is 139 Å². The molecule has 0 unspecified atom stereocenters. The summed E-state index contributed by atoms with van der Waals surface area (Å²) in [6.45, 7) is 4.86. The molecule has 0 aromatic rings. The molecule has 4 rings (SSSR count). The van der Waals surface area contributed by atoms with Gasteiger partial charge in [-0.15, -0.1) is 0 Å². The van der Waals surface area contributed by atoms with Crippen LogP contribution in [0.25, 0.3) is 0 Å².